The van der Waals surface area contributed by atoms with Gasteiger partial charge in [0.1, 0.15) is 0 Å². The second-order valence-electron chi connectivity index (χ2n) is 5.03. The number of hydrogen-bond acceptors (Lipinski definition) is 2. The summed E-state index contributed by atoms with van der Waals surface area (Å²) in [5, 5.41) is 8.23. The minimum Gasteiger partial charge on any atom is -0.310 e. The SMILES string of the molecule is CCC(C)n1ccc(CNCC(Cl)C2CC2)n1. The Morgan fingerprint density at radius 1 is 1.59 bits per heavy atom. The van der Waals surface area contributed by atoms with Crippen molar-refractivity contribution in [1.29, 1.82) is 0 Å². The Hall–Kier alpha value is -0.540. The molecule has 96 valence electrons. The van der Waals surface area contributed by atoms with Gasteiger partial charge in [0, 0.05) is 30.7 Å². The molecule has 1 fully saturated rings. The molecule has 1 saturated carbocycles. The first-order chi connectivity index (χ1) is 8.20. The molecule has 0 amide bonds. The van der Waals surface area contributed by atoms with Crippen LogP contribution in [-0.2, 0) is 6.54 Å². The number of nitrogens with one attached hydrogen (secondary N) is 1. The zero-order valence-electron chi connectivity index (χ0n) is 10.7. The zero-order chi connectivity index (χ0) is 12.3. The van der Waals surface area contributed by atoms with Crippen LogP contribution in [-0.4, -0.2) is 21.7 Å². The van der Waals surface area contributed by atoms with E-state index in [-0.39, 0.29) is 0 Å². The lowest BCUT2D eigenvalue weighted by Crippen LogP contribution is -2.24. The van der Waals surface area contributed by atoms with Crippen molar-refractivity contribution >= 4 is 11.6 Å². The molecular formula is C13H22ClN3. The Morgan fingerprint density at radius 2 is 2.35 bits per heavy atom. The van der Waals surface area contributed by atoms with Crippen molar-refractivity contribution in [2.24, 2.45) is 5.92 Å². The lowest BCUT2D eigenvalue weighted by atomic mass is 10.3. The van der Waals surface area contributed by atoms with E-state index in [4.69, 9.17) is 11.6 Å². The van der Waals surface area contributed by atoms with Gasteiger partial charge in [-0.2, -0.15) is 5.10 Å². The van der Waals surface area contributed by atoms with Crippen LogP contribution in [0.25, 0.3) is 0 Å². The lowest BCUT2D eigenvalue weighted by molar-refractivity contribution is 0.471. The van der Waals surface area contributed by atoms with E-state index >= 15 is 0 Å². The Balaban J connectivity index is 1.72. The molecule has 4 heteroatoms. The molecule has 1 aliphatic rings. The van der Waals surface area contributed by atoms with Crippen LogP contribution in [0.4, 0.5) is 0 Å². The average Bonchev–Trinajstić information content (AvgIpc) is 3.08. The fraction of sp³-hybridized carbons (Fsp3) is 0.769. The van der Waals surface area contributed by atoms with Gasteiger partial charge >= 0.3 is 0 Å². The molecule has 1 aliphatic carbocycles. The van der Waals surface area contributed by atoms with Crippen LogP contribution in [0.5, 0.6) is 0 Å². The van der Waals surface area contributed by atoms with Gasteiger partial charge in [-0.05, 0) is 38.2 Å². The van der Waals surface area contributed by atoms with E-state index < -0.39 is 0 Å². The molecule has 1 N–H and O–H groups in total. The second kappa shape index (κ2) is 5.87. The first kappa shape index (κ1) is 12.9. The quantitative estimate of drug-likeness (QED) is 0.760. The van der Waals surface area contributed by atoms with Crippen LogP contribution in [0.15, 0.2) is 12.3 Å². The van der Waals surface area contributed by atoms with Gasteiger partial charge in [0.15, 0.2) is 0 Å². The van der Waals surface area contributed by atoms with E-state index in [0.29, 0.717) is 11.4 Å². The topological polar surface area (TPSA) is 29.9 Å². The van der Waals surface area contributed by atoms with Gasteiger partial charge in [0.05, 0.1) is 5.69 Å². The van der Waals surface area contributed by atoms with Crippen molar-refractivity contribution in [3.8, 4) is 0 Å². The molecule has 3 nitrogen and oxygen atoms in total. The number of aromatic nitrogens is 2. The van der Waals surface area contributed by atoms with Crippen LogP contribution >= 0.6 is 11.6 Å². The Labute approximate surface area is 109 Å². The summed E-state index contributed by atoms with van der Waals surface area (Å²) in [6.45, 7) is 6.08. The van der Waals surface area contributed by atoms with Gasteiger partial charge in [-0.15, -0.1) is 11.6 Å². The van der Waals surface area contributed by atoms with Crippen molar-refractivity contribution in [3.63, 3.8) is 0 Å². The molecule has 2 rings (SSSR count). The highest BCUT2D eigenvalue weighted by Crippen LogP contribution is 2.35. The van der Waals surface area contributed by atoms with E-state index in [1.54, 1.807) is 0 Å². The predicted octanol–water partition coefficient (Wildman–Crippen LogP) is 2.96. The highest BCUT2D eigenvalue weighted by Gasteiger charge is 2.29. The van der Waals surface area contributed by atoms with Crippen LogP contribution in [0, 0.1) is 5.92 Å². The molecule has 0 saturated heterocycles. The van der Waals surface area contributed by atoms with Gasteiger partial charge in [-0.3, -0.25) is 4.68 Å². The zero-order valence-corrected chi connectivity index (χ0v) is 11.5. The molecule has 1 aromatic rings. The number of halogens is 1. The van der Waals surface area contributed by atoms with Crippen LogP contribution in [0.3, 0.4) is 0 Å². The van der Waals surface area contributed by atoms with Crippen LogP contribution in [0.1, 0.15) is 44.8 Å². The molecule has 0 radical (unpaired) electrons. The summed E-state index contributed by atoms with van der Waals surface area (Å²) >= 11 is 6.23. The van der Waals surface area contributed by atoms with Crippen molar-refractivity contribution < 1.29 is 0 Å². The molecule has 0 aliphatic heterocycles. The second-order valence-corrected chi connectivity index (χ2v) is 5.59. The Morgan fingerprint density at radius 3 is 3.00 bits per heavy atom. The first-order valence-electron chi connectivity index (χ1n) is 6.59. The van der Waals surface area contributed by atoms with E-state index in [0.717, 1.165) is 31.1 Å². The molecular weight excluding hydrogens is 234 g/mol. The molecule has 0 bridgehead atoms. The number of rotatable bonds is 7. The Kier molecular flexibility index (Phi) is 4.46. The maximum Gasteiger partial charge on any atom is 0.0762 e. The predicted molar refractivity (Wildman–Crippen MR) is 71.3 cm³/mol. The summed E-state index contributed by atoms with van der Waals surface area (Å²) in [6, 6.07) is 2.57. The maximum absolute atomic E-state index is 6.23. The van der Waals surface area contributed by atoms with Gasteiger partial charge in [0.2, 0.25) is 0 Å². The lowest BCUT2D eigenvalue weighted by Gasteiger charge is -2.09. The third-order valence-corrected chi connectivity index (χ3v) is 4.00. The molecule has 2 atom stereocenters. The minimum absolute atomic E-state index is 0.298. The summed E-state index contributed by atoms with van der Waals surface area (Å²) in [7, 11) is 0. The fourth-order valence-corrected chi connectivity index (χ4v) is 2.23. The van der Waals surface area contributed by atoms with Gasteiger partial charge in [-0.25, -0.2) is 0 Å². The molecule has 1 aromatic heterocycles. The van der Waals surface area contributed by atoms with Crippen LogP contribution in [0.2, 0.25) is 0 Å². The molecule has 17 heavy (non-hydrogen) atoms. The van der Waals surface area contributed by atoms with Gasteiger partial charge in [0.25, 0.3) is 0 Å². The van der Waals surface area contributed by atoms with Crippen molar-refractivity contribution in [1.82, 2.24) is 15.1 Å². The molecule has 0 spiro atoms. The molecule has 2 unspecified atom stereocenters. The first-order valence-corrected chi connectivity index (χ1v) is 7.03. The monoisotopic (exact) mass is 255 g/mol. The smallest absolute Gasteiger partial charge is 0.0762 e. The van der Waals surface area contributed by atoms with Crippen molar-refractivity contribution in [3.05, 3.63) is 18.0 Å². The van der Waals surface area contributed by atoms with E-state index in [1.165, 1.54) is 12.8 Å². The van der Waals surface area contributed by atoms with Crippen LogP contribution < -0.4 is 5.32 Å². The normalized spacial score (nSPS) is 19.2. The third-order valence-electron chi connectivity index (χ3n) is 3.48. The number of nitrogens with zero attached hydrogens (tertiary/aromatic N) is 2. The summed E-state index contributed by atoms with van der Waals surface area (Å²) in [6.07, 6.45) is 5.78. The summed E-state index contributed by atoms with van der Waals surface area (Å²) < 4.78 is 2.04. The fourth-order valence-electron chi connectivity index (χ4n) is 1.87. The van der Waals surface area contributed by atoms with E-state index in [9.17, 15) is 0 Å². The van der Waals surface area contributed by atoms with Crippen molar-refractivity contribution in [2.75, 3.05) is 6.54 Å². The van der Waals surface area contributed by atoms with E-state index in [2.05, 4.69) is 36.5 Å². The van der Waals surface area contributed by atoms with Gasteiger partial charge in [-0.1, -0.05) is 6.92 Å². The highest BCUT2D eigenvalue weighted by molar-refractivity contribution is 6.21. The largest absolute Gasteiger partial charge is 0.310 e. The van der Waals surface area contributed by atoms with Crippen molar-refractivity contribution in [2.45, 2.75) is 51.1 Å². The van der Waals surface area contributed by atoms with Gasteiger partial charge < -0.3 is 5.32 Å². The average molecular weight is 256 g/mol. The summed E-state index contributed by atoms with van der Waals surface area (Å²) in [4.78, 5) is 0. The standard InChI is InChI=1S/C13H22ClN3/c1-3-10(2)17-7-6-12(16-17)8-15-9-13(14)11-4-5-11/h6-7,10-11,13,15H,3-5,8-9H2,1-2H3. The summed E-state index contributed by atoms with van der Waals surface area (Å²) in [5.41, 5.74) is 1.10. The Bertz CT molecular complexity index is 346. The molecule has 1 heterocycles. The highest BCUT2D eigenvalue weighted by atomic mass is 35.5. The molecule has 0 aromatic carbocycles. The number of hydrogen-bond donors (Lipinski definition) is 1. The van der Waals surface area contributed by atoms with E-state index in [1.807, 2.05) is 4.68 Å². The summed E-state index contributed by atoms with van der Waals surface area (Å²) in [5.74, 6) is 0.752. The maximum atomic E-state index is 6.23. The number of alkyl halides is 1. The third kappa shape index (κ3) is 3.71. The minimum atomic E-state index is 0.298.